The second kappa shape index (κ2) is 14.5. The average Bonchev–Trinajstić information content (AvgIpc) is 3.12. The average molecular weight is 662 g/mol. The van der Waals surface area contributed by atoms with Gasteiger partial charge in [-0.2, -0.15) is 23.0 Å². The van der Waals surface area contributed by atoms with E-state index in [-0.39, 0.29) is 127 Å². The minimum Gasteiger partial charge on any atom is -0.476 e. The van der Waals surface area contributed by atoms with Crippen molar-refractivity contribution < 1.29 is 108 Å². The summed E-state index contributed by atoms with van der Waals surface area (Å²) in [6.45, 7) is 8.60. The Kier molecular flexibility index (Phi) is 15.3. The van der Waals surface area contributed by atoms with E-state index >= 15 is 0 Å². The van der Waals surface area contributed by atoms with Crippen molar-refractivity contribution in [3.05, 3.63) is 28.7 Å². The van der Waals surface area contributed by atoms with Crippen molar-refractivity contribution >= 4 is 47.1 Å². The quantitative estimate of drug-likeness (QED) is 0.192. The number of nitrogens with zero attached hydrogens (tertiary/aromatic N) is 6. The molecule has 3 rings (SSSR count). The number of β-lactam (4-membered cyclic amide) rings is 1. The van der Waals surface area contributed by atoms with Crippen LogP contribution in [0.5, 0.6) is 0 Å². The van der Waals surface area contributed by atoms with E-state index in [0.717, 1.165) is 17.0 Å². The first-order chi connectivity index (χ1) is 12.1. The maximum atomic E-state index is 12.4. The molecule has 1 unspecified atom stereocenters. The van der Waals surface area contributed by atoms with Crippen LogP contribution in [-0.4, -0.2) is 60.7 Å². The maximum Gasteiger partial charge on any atom is 0.260 e. The molecule has 2 aliphatic heterocycles. The molecule has 1 fully saturated rings. The van der Waals surface area contributed by atoms with E-state index < -0.39 is 0 Å². The molecule has 28 heavy (non-hydrogen) atoms. The number of thioether (sulfide) groups is 3. The van der Waals surface area contributed by atoms with Gasteiger partial charge in [-0.15, -0.1) is 11.8 Å². The van der Waals surface area contributed by atoms with Crippen LogP contribution in [0, 0.1) is 12.6 Å². The van der Waals surface area contributed by atoms with Gasteiger partial charge in [-0.25, -0.2) is 6.57 Å². The summed E-state index contributed by atoms with van der Waals surface area (Å²) in [6, 6.07) is 0.428. The van der Waals surface area contributed by atoms with Crippen molar-refractivity contribution in [1.82, 2.24) is 30.8 Å². The third-order valence-electron chi connectivity index (χ3n) is 3.56. The Labute approximate surface area is 251 Å². The molecular formula is C13H13N7O2S3Y3-2. The summed E-state index contributed by atoms with van der Waals surface area (Å²) in [7, 11) is 0. The first-order valence-electron chi connectivity index (χ1n) is 7.14. The van der Waals surface area contributed by atoms with E-state index in [2.05, 4.69) is 30.8 Å². The van der Waals surface area contributed by atoms with Crippen LogP contribution in [0.4, 0.5) is 0 Å². The Hall–Kier alpha value is 1.47. The Bertz CT molecular complexity index is 744. The second-order valence-electron chi connectivity index (χ2n) is 5.08. The van der Waals surface area contributed by atoms with Gasteiger partial charge in [0.1, 0.15) is 5.91 Å². The fourth-order valence-electron chi connectivity index (χ4n) is 2.32. The number of amides is 2. The van der Waals surface area contributed by atoms with Crippen molar-refractivity contribution in [2.75, 3.05) is 23.1 Å². The second-order valence-corrected chi connectivity index (χ2v) is 8.04. The van der Waals surface area contributed by atoms with Crippen LogP contribution < -0.4 is 10.4 Å². The van der Waals surface area contributed by atoms with Crippen LogP contribution in [0.1, 0.15) is 6.92 Å². The molecule has 0 spiro atoms. The number of aromatic nitrogens is 4. The monoisotopic (exact) mass is 662 g/mol. The van der Waals surface area contributed by atoms with Crippen LogP contribution in [0.15, 0.2) is 16.4 Å². The molecule has 9 nitrogen and oxygen atoms in total. The standard InChI is InChI=1S/C13H14N7O2S3.3Y/c1-7-8(4-25-13-16-18-19-17-13)3-24-12-10(11(22)20(7)12)15-9(21)5-23-6-14-2;;;/h12H,3-6H2,1H3,(H2,15,16,17,18,19,21);;;/q-1;;;/p-1. The van der Waals surface area contributed by atoms with Gasteiger partial charge in [0.25, 0.3) is 5.88 Å². The van der Waals surface area contributed by atoms with Gasteiger partial charge >= 0.3 is 0 Å². The van der Waals surface area contributed by atoms with Crippen molar-refractivity contribution in [3.63, 3.8) is 0 Å². The molecule has 0 aromatic carbocycles. The number of carbonyl (C=O) groups is 2. The Morgan fingerprint density at radius 2 is 2.25 bits per heavy atom. The summed E-state index contributed by atoms with van der Waals surface area (Å²) >= 11 is 4.26. The molecule has 1 N–H and O–H groups in total. The zero-order valence-corrected chi connectivity index (χ0v) is 25.8. The summed E-state index contributed by atoms with van der Waals surface area (Å²) in [6.07, 6.45) is 0. The molecular weight excluding hydrogens is 649 g/mol. The Morgan fingerprint density at radius 1 is 1.50 bits per heavy atom. The summed E-state index contributed by atoms with van der Waals surface area (Å²) in [5.41, 5.74) is 2.04. The molecule has 1 aromatic rings. The molecule has 2 aliphatic rings. The fourth-order valence-corrected chi connectivity index (χ4v) is 5.09. The number of hydrogen-bond donors (Lipinski definition) is 1. The van der Waals surface area contributed by atoms with E-state index in [4.69, 9.17) is 6.57 Å². The van der Waals surface area contributed by atoms with E-state index in [1.807, 2.05) is 6.92 Å². The summed E-state index contributed by atoms with van der Waals surface area (Å²) < 4.78 is 0. The normalized spacial score (nSPS) is 17.3. The number of carbonyl (C=O) groups excluding carboxylic acids is 2. The van der Waals surface area contributed by atoms with Crippen LogP contribution >= 0.6 is 35.3 Å². The van der Waals surface area contributed by atoms with Crippen LogP contribution in [-0.2, 0) is 108 Å². The number of allylic oxidation sites excluding steroid dienone is 1. The van der Waals surface area contributed by atoms with Gasteiger partial charge < -0.3 is 25.0 Å². The minimum atomic E-state index is -0.242. The summed E-state index contributed by atoms with van der Waals surface area (Å²) in [5, 5.41) is 17.5. The van der Waals surface area contributed by atoms with Crippen molar-refractivity contribution in [2.45, 2.75) is 17.5 Å². The third kappa shape index (κ3) is 7.27. The van der Waals surface area contributed by atoms with Gasteiger partial charge in [0.2, 0.25) is 5.91 Å². The van der Waals surface area contributed by atoms with E-state index in [9.17, 15) is 9.59 Å². The molecule has 0 bridgehead atoms. The molecule has 2 amide bonds. The molecule has 3 radical (unpaired) electrons. The molecule has 141 valence electrons. The number of fused-ring (bicyclic) bond motifs is 1. The summed E-state index contributed by atoms with van der Waals surface area (Å²) in [4.78, 5) is 29.1. The van der Waals surface area contributed by atoms with E-state index in [1.54, 1.807) is 16.7 Å². The SMILES string of the molecule is [C-]#[N+]CSCC(=O)N[C-]1C(=O)N2C(C)=C(CSc3nnn[n-]3)CSC12.[Y].[Y].[Y]. The largest absolute Gasteiger partial charge is 0.476 e. The number of rotatable bonds is 7. The smallest absolute Gasteiger partial charge is 0.260 e. The Morgan fingerprint density at radius 3 is 2.89 bits per heavy atom. The van der Waals surface area contributed by atoms with Crippen LogP contribution in [0.2, 0.25) is 0 Å². The summed E-state index contributed by atoms with van der Waals surface area (Å²) in [5.74, 6) is 1.43. The van der Waals surface area contributed by atoms with E-state index in [1.165, 1.54) is 23.5 Å². The molecule has 0 aliphatic carbocycles. The van der Waals surface area contributed by atoms with Gasteiger partial charge in [0.05, 0.1) is 10.9 Å². The molecule has 0 saturated carbocycles. The van der Waals surface area contributed by atoms with Crippen molar-refractivity contribution in [2.24, 2.45) is 0 Å². The third-order valence-corrected chi connectivity index (χ3v) is 6.53. The van der Waals surface area contributed by atoms with Crippen molar-refractivity contribution in [3.8, 4) is 0 Å². The zero-order chi connectivity index (χ0) is 17.8. The molecule has 3 heterocycles. The maximum absolute atomic E-state index is 12.4. The first-order valence-corrected chi connectivity index (χ1v) is 10.3. The fraction of sp³-hybridized carbons (Fsp3) is 0.462. The van der Waals surface area contributed by atoms with Gasteiger partial charge in [0, 0.05) is 115 Å². The first kappa shape index (κ1) is 29.5. The number of hydrogen-bond acceptors (Lipinski definition) is 8. The van der Waals surface area contributed by atoms with Crippen LogP contribution in [0.3, 0.4) is 0 Å². The van der Waals surface area contributed by atoms with Gasteiger partial charge in [-0.1, -0.05) is 11.8 Å². The van der Waals surface area contributed by atoms with Crippen molar-refractivity contribution in [1.29, 1.82) is 0 Å². The van der Waals surface area contributed by atoms with Gasteiger partial charge in [-0.05, 0) is 17.9 Å². The number of nitrogens with one attached hydrogen (secondary N) is 1. The predicted octanol–water partition coefficient (Wildman–Crippen LogP) is 0.361. The predicted molar refractivity (Wildman–Crippen MR) is 95.0 cm³/mol. The number of tetrazole rings is 1. The van der Waals surface area contributed by atoms with Gasteiger partial charge in [0.15, 0.2) is 0 Å². The molecule has 1 saturated heterocycles. The minimum absolute atomic E-state index is 0. The zero-order valence-electron chi connectivity index (χ0n) is 14.9. The van der Waals surface area contributed by atoms with Gasteiger partial charge in [-0.3, -0.25) is 15.1 Å². The molecule has 1 aromatic heterocycles. The van der Waals surface area contributed by atoms with Crippen LogP contribution in [0.25, 0.3) is 4.85 Å². The van der Waals surface area contributed by atoms with E-state index in [0.29, 0.717) is 17.0 Å². The molecule has 15 heteroatoms. The molecule has 1 atom stereocenters. The topological polar surface area (TPSA) is 107 Å². The Balaban J connectivity index is 0.00000243.